The van der Waals surface area contributed by atoms with Gasteiger partial charge in [0.1, 0.15) is 0 Å². The van der Waals surface area contributed by atoms with Crippen molar-refractivity contribution in [1.82, 2.24) is 10.6 Å². The predicted octanol–water partition coefficient (Wildman–Crippen LogP) is 1.62. The molecule has 0 aliphatic rings. The molecule has 8 heteroatoms. The number of amides is 2. The fourth-order valence-electron chi connectivity index (χ4n) is 2.39. The van der Waals surface area contributed by atoms with Gasteiger partial charge in [0.05, 0.1) is 5.69 Å². The minimum Gasteiger partial charge on any atom is -0.504 e. The zero-order chi connectivity index (χ0) is 17.7. The van der Waals surface area contributed by atoms with Crippen molar-refractivity contribution in [2.75, 3.05) is 18.5 Å². The Balaban J connectivity index is 3.34. The number of phenols is 3. The maximum Gasteiger partial charge on any atom is 0.328 e. The van der Waals surface area contributed by atoms with E-state index < -0.39 is 23.3 Å². The number of urea groups is 1. The molecule has 0 saturated heterocycles. The van der Waals surface area contributed by atoms with Gasteiger partial charge in [0.2, 0.25) is 5.75 Å². The Morgan fingerprint density at radius 1 is 1.04 bits per heavy atom. The fourth-order valence-corrected chi connectivity index (χ4v) is 2.39. The van der Waals surface area contributed by atoms with E-state index in [1.54, 1.807) is 20.8 Å². The van der Waals surface area contributed by atoms with Crippen molar-refractivity contribution in [1.29, 1.82) is 5.41 Å². The Hall–Kier alpha value is -2.64. The molecule has 0 atom stereocenters. The highest BCUT2D eigenvalue weighted by Gasteiger charge is 2.26. The minimum atomic E-state index is -0.593. The standard InChI is InChI=1S/C15H24N4O4/c1-5-8-10(9(6-2)12(21)13(22)11(8)20)19(4)15(23)18-14(16)17-7-3/h20-22H,5-7H2,1-4H3,(H3,16,17,18,23). The first-order chi connectivity index (χ1) is 10.8. The highest BCUT2D eigenvalue weighted by atomic mass is 16.3. The molecule has 8 nitrogen and oxygen atoms in total. The topological polar surface area (TPSA) is 129 Å². The zero-order valence-electron chi connectivity index (χ0n) is 13.8. The van der Waals surface area contributed by atoms with E-state index in [1.807, 2.05) is 0 Å². The molecule has 0 heterocycles. The summed E-state index contributed by atoms with van der Waals surface area (Å²) in [5.41, 5.74) is 1.03. The van der Waals surface area contributed by atoms with E-state index in [1.165, 1.54) is 11.9 Å². The average molecular weight is 324 g/mol. The predicted molar refractivity (Wildman–Crippen MR) is 88.5 cm³/mol. The average Bonchev–Trinajstić information content (AvgIpc) is 2.51. The van der Waals surface area contributed by atoms with Crippen LogP contribution in [-0.2, 0) is 12.8 Å². The SMILES string of the molecule is CCNC(=N)NC(=O)N(C)c1c(CC)c(O)c(O)c(O)c1CC. The van der Waals surface area contributed by atoms with Gasteiger partial charge < -0.3 is 20.6 Å². The van der Waals surface area contributed by atoms with Crippen LogP contribution in [0, 0.1) is 5.41 Å². The number of benzene rings is 1. The molecule has 0 radical (unpaired) electrons. The molecule has 0 fully saturated rings. The number of hydrogen-bond acceptors (Lipinski definition) is 5. The Kier molecular flexibility index (Phi) is 6.06. The van der Waals surface area contributed by atoms with Crippen LogP contribution >= 0.6 is 0 Å². The highest BCUT2D eigenvalue weighted by Crippen LogP contribution is 2.47. The Labute approximate surface area is 135 Å². The number of guanidine groups is 1. The van der Waals surface area contributed by atoms with Crippen LogP contribution in [0.25, 0.3) is 0 Å². The number of nitrogens with one attached hydrogen (secondary N) is 3. The lowest BCUT2D eigenvalue weighted by molar-refractivity contribution is 0.251. The third kappa shape index (κ3) is 3.58. The monoisotopic (exact) mass is 324 g/mol. The van der Waals surface area contributed by atoms with Crippen LogP contribution in [0.5, 0.6) is 17.2 Å². The Morgan fingerprint density at radius 3 is 1.91 bits per heavy atom. The van der Waals surface area contributed by atoms with Gasteiger partial charge >= 0.3 is 6.03 Å². The van der Waals surface area contributed by atoms with Gasteiger partial charge in [0, 0.05) is 24.7 Å². The van der Waals surface area contributed by atoms with Crippen molar-refractivity contribution in [2.24, 2.45) is 0 Å². The lowest BCUT2D eigenvalue weighted by Crippen LogP contribution is -2.46. The number of anilines is 1. The van der Waals surface area contributed by atoms with E-state index in [4.69, 9.17) is 5.41 Å². The molecular weight excluding hydrogens is 300 g/mol. The molecule has 0 aromatic heterocycles. The van der Waals surface area contributed by atoms with E-state index in [-0.39, 0.29) is 5.96 Å². The molecule has 0 saturated carbocycles. The summed E-state index contributed by atoms with van der Waals surface area (Å²) in [7, 11) is 1.47. The molecule has 2 amide bonds. The molecule has 6 N–H and O–H groups in total. The third-order valence-corrected chi connectivity index (χ3v) is 3.52. The number of aromatic hydroxyl groups is 3. The number of carbonyl (C=O) groups is 1. The van der Waals surface area contributed by atoms with Gasteiger partial charge in [-0.15, -0.1) is 0 Å². The van der Waals surface area contributed by atoms with Gasteiger partial charge in [-0.2, -0.15) is 0 Å². The summed E-state index contributed by atoms with van der Waals surface area (Å²) < 4.78 is 0. The third-order valence-electron chi connectivity index (χ3n) is 3.52. The lowest BCUT2D eigenvalue weighted by Gasteiger charge is -2.25. The Morgan fingerprint density at radius 2 is 1.52 bits per heavy atom. The summed E-state index contributed by atoms with van der Waals surface area (Å²) >= 11 is 0. The molecule has 0 unspecified atom stereocenters. The largest absolute Gasteiger partial charge is 0.504 e. The molecule has 0 aliphatic carbocycles. The van der Waals surface area contributed by atoms with Crippen molar-refractivity contribution >= 4 is 17.7 Å². The summed E-state index contributed by atoms with van der Waals surface area (Å²) in [5, 5.41) is 42.5. The first-order valence-corrected chi connectivity index (χ1v) is 7.45. The second-order valence-corrected chi connectivity index (χ2v) is 4.95. The van der Waals surface area contributed by atoms with Crippen LogP contribution in [0.4, 0.5) is 10.5 Å². The molecular formula is C15H24N4O4. The summed E-state index contributed by atoms with van der Waals surface area (Å²) in [4.78, 5) is 13.5. The van der Waals surface area contributed by atoms with E-state index >= 15 is 0 Å². The van der Waals surface area contributed by atoms with Crippen molar-refractivity contribution < 1.29 is 20.1 Å². The summed E-state index contributed by atoms with van der Waals surface area (Å²) in [6.45, 7) is 5.82. The molecule has 1 rings (SSSR count). The summed E-state index contributed by atoms with van der Waals surface area (Å²) in [5.74, 6) is -1.62. The van der Waals surface area contributed by atoms with Crippen molar-refractivity contribution in [2.45, 2.75) is 33.6 Å². The van der Waals surface area contributed by atoms with Crippen LogP contribution in [0.1, 0.15) is 31.9 Å². The smallest absolute Gasteiger partial charge is 0.328 e. The molecule has 23 heavy (non-hydrogen) atoms. The first-order valence-electron chi connectivity index (χ1n) is 7.45. The second kappa shape index (κ2) is 7.57. The zero-order valence-corrected chi connectivity index (χ0v) is 13.8. The van der Waals surface area contributed by atoms with Gasteiger partial charge in [0.15, 0.2) is 17.5 Å². The molecule has 1 aromatic carbocycles. The quantitative estimate of drug-likeness (QED) is 0.285. The van der Waals surface area contributed by atoms with Crippen LogP contribution in [0.15, 0.2) is 0 Å². The van der Waals surface area contributed by atoms with E-state index in [0.29, 0.717) is 36.2 Å². The van der Waals surface area contributed by atoms with Crippen molar-refractivity contribution in [3.05, 3.63) is 11.1 Å². The van der Waals surface area contributed by atoms with Gasteiger partial charge in [-0.05, 0) is 19.8 Å². The van der Waals surface area contributed by atoms with Gasteiger partial charge in [-0.3, -0.25) is 15.6 Å². The fraction of sp³-hybridized carbons (Fsp3) is 0.467. The Bertz CT molecular complexity index is 585. The molecule has 1 aromatic rings. The van der Waals surface area contributed by atoms with E-state index in [2.05, 4.69) is 10.6 Å². The second-order valence-electron chi connectivity index (χ2n) is 4.95. The van der Waals surface area contributed by atoms with Crippen molar-refractivity contribution in [3.63, 3.8) is 0 Å². The first kappa shape index (κ1) is 18.4. The highest BCUT2D eigenvalue weighted by molar-refractivity contribution is 6.03. The maximum absolute atomic E-state index is 12.3. The van der Waals surface area contributed by atoms with Gasteiger partial charge in [-0.25, -0.2) is 4.79 Å². The minimum absolute atomic E-state index is 0.146. The van der Waals surface area contributed by atoms with Crippen molar-refractivity contribution in [3.8, 4) is 17.2 Å². The summed E-state index contributed by atoms with van der Waals surface area (Å²) in [6.07, 6.45) is 0.703. The van der Waals surface area contributed by atoms with Crippen LogP contribution in [-0.4, -0.2) is 40.9 Å². The van der Waals surface area contributed by atoms with E-state index in [9.17, 15) is 20.1 Å². The molecule has 0 aliphatic heterocycles. The van der Waals surface area contributed by atoms with Gasteiger partial charge in [-0.1, -0.05) is 13.8 Å². The lowest BCUT2D eigenvalue weighted by atomic mass is 9.99. The molecule has 0 bridgehead atoms. The molecule has 128 valence electrons. The maximum atomic E-state index is 12.3. The van der Waals surface area contributed by atoms with Crippen LogP contribution < -0.4 is 15.5 Å². The van der Waals surface area contributed by atoms with Crippen LogP contribution in [0.2, 0.25) is 0 Å². The number of hydrogen-bond donors (Lipinski definition) is 6. The number of rotatable bonds is 4. The number of carbonyl (C=O) groups excluding carboxylic acids is 1. The molecule has 0 spiro atoms. The normalized spacial score (nSPS) is 10.3. The number of nitrogens with zero attached hydrogens (tertiary/aromatic N) is 1. The summed E-state index contributed by atoms with van der Waals surface area (Å²) in [6, 6.07) is -0.593. The van der Waals surface area contributed by atoms with Crippen LogP contribution in [0.3, 0.4) is 0 Å². The van der Waals surface area contributed by atoms with Gasteiger partial charge in [0.25, 0.3) is 0 Å². The number of phenolic OH excluding ortho intramolecular Hbond substituents is 3. The van der Waals surface area contributed by atoms with E-state index in [0.717, 1.165) is 0 Å².